The van der Waals surface area contributed by atoms with Gasteiger partial charge in [0.05, 0.1) is 12.2 Å². The van der Waals surface area contributed by atoms with E-state index < -0.39 is 0 Å². The Bertz CT molecular complexity index is 238. The van der Waals surface area contributed by atoms with E-state index in [1.165, 1.54) is 45.1 Å². The molecule has 3 heteroatoms. The van der Waals surface area contributed by atoms with Gasteiger partial charge in [-0.05, 0) is 44.4 Å². The Hall–Kier alpha value is -0.120. The smallest absolute Gasteiger partial charge is 0.0707 e. The Kier molecular flexibility index (Phi) is 3.18. The van der Waals surface area contributed by atoms with Crippen molar-refractivity contribution in [3.8, 4) is 0 Å². The van der Waals surface area contributed by atoms with E-state index in [1.54, 1.807) is 0 Å². The van der Waals surface area contributed by atoms with Crippen LogP contribution in [0.1, 0.15) is 38.5 Å². The topological polar surface area (TPSA) is 38.5 Å². The first-order valence-corrected chi connectivity index (χ1v) is 6.94. The minimum Gasteiger partial charge on any atom is -0.372 e. The molecule has 92 valence electrons. The van der Waals surface area contributed by atoms with Gasteiger partial charge >= 0.3 is 0 Å². The van der Waals surface area contributed by atoms with Crippen molar-refractivity contribution in [3.05, 3.63) is 0 Å². The number of ether oxygens (including phenoxy) is 1. The van der Waals surface area contributed by atoms with Crippen LogP contribution in [-0.4, -0.2) is 42.8 Å². The summed E-state index contributed by atoms with van der Waals surface area (Å²) < 4.78 is 5.95. The molecular formula is C13H24N2O. The molecule has 0 amide bonds. The summed E-state index contributed by atoms with van der Waals surface area (Å²) in [5, 5.41) is 0. The van der Waals surface area contributed by atoms with Crippen molar-refractivity contribution in [2.24, 2.45) is 11.7 Å². The molecule has 0 radical (unpaired) electrons. The molecule has 0 aromatic heterocycles. The van der Waals surface area contributed by atoms with Gasteiger partial charge in [0.2, 0.25) is 0 Å². The van der Waals surface area contributed by atoms with Crippen LogP contribution in [0.5, 0.6) is 0 Å². The normalized spacial score (nSPS) is 34.9. The van der Waals surface area contributed by atoms with E-state index in [1.807, 2.05) is 0 Å². The van der Waals surface area contributed by atoms with E-state index in [-0.39, 0.29) is 0 Å². The summed E-state index contributed by atoms with van der Waals surface area (Å²) >= 11 is 0. The molecule has 16 heavy (non-hydrogen) atoms. The summed E-state index contributed by atoms with van der Waals surface area (Å²) in [6.07, 6.45) is 8.94. The van der Waals surface area contributed by atoms with Crippen molar-refractivity contribution in [1.82, 2.24) is 4.90 Å². The van der Waals surface area contributed by atoms with Crippen molar-refractivity contribution in [1.29, 1.82) is 0 Å². The molecule has 3 nitrogen and oxygen atoms in total. The lowest BCUT2D eigenvalue weighted by Crippen LogP contribution is -2.36. The maximum absolute atomic E-state index is 5.95. The molecule has 1 heterocycles. The third-order valence-corrected chi connectivity index (χ3v) is 4.15. The summed E-state index contributed by atoms with van der Waals surface area (Å²) in [4.78, 5) is 2.70. The van der Waals surface area contributed by atoms with Crippen LogP contribution >= 0.6 is 0 Å². The van der Waals surface area contributed by atoms with Gasteiger partial charge in [0.1, 0.15) is 0 Å². The lowest BCUT2D eigenvalue weighted by atomic mass is 10.2. The molecule has 0 spiro atoms. The first-order valence-electron chi connectivity index (χ1n) is 6.94. The second-order valence-electron chi connectivity index (χ2n) is 5.82. The van der Waals surface area contributed by atoms with Crippen LogP contribution in [0.4, 0.5) is 0 Å². The zero-order valence-electron chi connectivity index (χ0n) is 10.1. The Morgan fingerprint density at radius 1 is 0.938 bits per heavy atom. The minimum atomic E-state index is 0.340. The molecule has 3 fully saturated rings. The minimum absolute atomic E-state index is 0.340. The van der Waals surface area contributed by atoms with Gasteiger partial charge in [-0.2, -0.15) is 0 Å². The summed E-state index contributed by atoms with van der Waals surface area (Å²) in [5.41, 5.74) is 5.65. The van der Waals surface area contributed by atoms with E-state index in [0.717, 1.165) is 18.5 Å². The molecule has 2 N–H and O–H groups in total. The Labute approximate surface area is 98.3 Å². The number of nitrogens with zero attached hydrogens (tertiary/aromatic N) is 1. The van der Waals surface area contributed by atoms with Gasteiger partial charge in [0.15, 0.2) is 0 Å². The molecule has 0 aromatic rings. The average Bonchev–Trinajstić information content (AvgIpc) is 3.17. The molecule has 1 saturated heterocycles. The molecule has 2 unspecified atom stereocenters. The van der Waals surface area contributed by atoms with E-state index in [2.05, 4.69) is 4.90 Å². The summed E-state index contributed by atoms with van der Waals surface area (Å²) in [6, 6.07) is 0.890. The fraction of sp³-hybridized carbons (Fsp3) is 1.00. The fourth-order valence-electron chi connectivity index (χ4n) is 2.79. The molecule has 2 aliphatic carbocycles. The summed E-state index contributed by atoms with van der Waals surface area (Å²) in [6.45, 7) is 3.19. The van der Waals surface area contributed by atoms with Crippen LogP contribution in [0.2, 0.25) is 0 Å². The Morgan fingerprint density at radius 3 is 2.25 bits per heavy atom. The van der Waals surface area contributed by atoms with Crippen molar-refractivity contribution in [2.75, 3.05) is 19.6 Å². The highest BCUT2D eigenvalue weighted by Gasteiger charge is 2.36. The number of rotatable bonds is 6. The second-order valence-corrected chi connectivity index (χ2v) is 5.82. The SMILES string of the molecule is NCC1CCC(CN(CC2CC2)C2CC2)O1. The highest BCUT2D eigenvalue weighted by molar-refractivity contribution is 4.90. The van der Waals surface area contributed by atoms with Gasteiger partial charge in [-0.3, -0.25) is 4.90 Å². The van der Waals surface area contributed by atoms with Gasteiger partial charge in [-0.25, -0.2) is 0 Å². The number of hydrogen-bond acceptors (Lipinski definition) is 3. The average molecular weight is 224 g/mol. The monoisotopic (exact) mass is 224 g/mol. The molecule has 1 aliphatic heterocycles. The van der Waals surface area contributed by atoms with Crippen LogP contribution in [0.3, 0.4) is 0 Å². The predicted molar refractivity (Wildman–Crippen MR) is 64.3 cm³/mol. The molecule has 0 bridgehead atoms. The maximum atomic E-state index is 5.95. The van der Waals surface area contributed by atoms with Crippen molar-refractivity contribution in [3.63, 3.8) is 0 Å². The molecule has 2 saturated carbocycles. The Morgan fingerprint density at radius 2 is 1.69 bits per heavy atom. The van der Waals surface area contributed by atoms with Gasteiger partial charge in [-0.15, -0.1) is 0 Å². The number of nitrogens with two attached hydrogens (primary N) is 1. The highest BCUT2D eigenvalue weighted by Crippen LogP contribution is 2.35. The van der Waals surface area contributed by atoms with E-state index in [4.69, 9.17) is 10.5 Å². The van der Waals surface area contributed by atoms with Gasteiger partial charge in [0, 0.05) is 25.7 Å². The van der Waals surface area contributed by atoms with Gasteiger partial charge in [-0.1, -0.05) is 0 Å². The molecule has 0 aromatic carbocycles. The van der Waals surface area contributed by atoms with Crippen LogP contribution in [0, 0.1) is 5.92 Å². The van der Waals surface area contributed by atoms with Gasteiger partial charge in [0.25, 0.3) is 0 Å². The second kappa shape index (κ2) is 4.63. The zero-order chi connectivity index (χ0) is 11.0. The standard InChI is InChI=1S/C13H24N2O/c14-7-12-5-6-13(16-12)9-15(11-3-4-11)8-10-1-2-10/h10-13H,1-9,14H2. The van der Waals surface area contributed by atoms with Crippen molar-refractivity contribution in [2.45, 2.75) is 56.8 Å². The quantitative estimate of drug-likeness (QED) is 0.740. The summed E-state index contributed by atoms with van der Waals surface area (Å²) in [5.74, 6) is 1.01. The Balaban J connectivity index is 1.47. The molecular weight excluding hydrogens is 200 g/mol. The molecule has 2 atom stereocenters. The van der Waals surface area contributed by atoms with Crippen LogP contribution in [0.15, 0.2) is 0 Å². The number of hydrogen-bond donors (Lipinski definition) is 1. The third-order valence-electron chi connectivity index (χ3n) is 4.15. The molecule has 3 rings (SSSR count). The first-order chi connectivity index (χ1) is 7.85. The van der Waals surface area contributed by atoms with Crippen LogP contribution < -0.4 is 5.73 Å². The fourth-order valence-corrected chi connectivity index (χ4v) is 2.79. The third kappa shape index (κ3) is 2.76. The molecule has 3 aliphatic rings. The lowest BCUT2D eigenvalue weighted by molar-refractivity contribution is 0.0244. The van der Waals surface area contributed by atoms with E-state index in [0.29, 0.717) is 18.8 Å². The zero-order valence-corrected chi connectivity index (χ0v) is 10.1. The van der Waals surface area contributed by atoms with Crippen LogP contribution in [0.25, 0.3) is 0 Å². The predicted octanol–water partition coefficient (Wildman–Crippen LogP) is 1.37. The van der Waals surface area contributed by atoms with Crippen molar-refractivity contribution < 1.29 is 4.74 Å². The van der Waals surface area contributed by atoms with Crippen LogP contribution in [-0.2, 0) is 4.74 Å². The van der Waals surface area contributed by atoms with E-state index in [9.17, 15) is 0 Å². The van der Waals surface area contributed by atoms with E-state index >= 15 is 0 Å². The maximum Gasteiger partial charge on any atom is 0.0707 e. The summed E-state index contributed by atoms with van der Waals surface area (Å²) in [7, 11) is 0. The van der Waals surface area contributed by atoms with Gasteiger partial charge < -0.3 is 10.5 Å². The highest BCUT2D eigenvalue weighted by atomic mass is 16.5. The largest absolute Gasteiger partial charge is 0.372 e. The first kappa shape index (κ1) is 11.0. The lowest BCUT2D eigenvalue weighted by Gasteiger charge is -2.25. The van der Waals surface area contributed by atoms with Crippen molar-refractivity contribution >= 4 is 0 Å².